The highest BCUT2D eigenvalue weighted by atomic mass is 35.5. The number of hydrogen-bond donors (Lipinski definition) is 3. The third kappa shape index (κ3) is 4.42. The van der Waals surface area contributed by atoms with Crippen molar-refractivity contribution in [3.63, 3.8) is 0 Å². The minimum atomic E-state index is -1.08. The average molecular weight is 391 g/mol. The van der Waals surface area contributed by atoms with Gasteiger partial charge in [-0.2, -0.15) is 0 Å². The molecule has 1 aromatic carbocycles. The van der Waals surface area contributed by atoms with Crippen molar-refractivity contribution in [3.8, 4) is 0 Å². The van der Waals surface area contributed by atoms with E-state index >= 15 is 0 Å². The van der Waals surface area contributed by atoms with Crippen LogP contribution in [0.15, 0.2) is 24.3 Å². The molecule has 1 atom stereocenters. The van der Waals surface area contributed by atoms with Gasteiger partial charge in [0.15, 0.2) is 0 Å². The first-order valence-electron chi connectivity index (χ1n) is 8.96. The first-order chi connectivity index (χ1) is 12.8. The number of nitrogens with zero attached hydrogens (tertiary/aromatic N) is 2. The van der Waals surface area contributed by atoms with Crippen LogP contribution in [0.4, 0.5) is 10.6 Å². The second kappa shape index (κ2) is 8.00. The second-order valence-electron chi connectivity index (χ2n) is 6.85. The average Bonchev–Trinajstić information content (AvgIpc) is 2.61. The number of rotatable bonds is 4. The predicted molar refractivity (Wildman–Crippen MR) is 105 cm³/mol. The summed E-state index contributed by atoms with van der Waals surface area (Å²) in [5.41, 5.74) is 1.51. The summed E-state index contributed by atoms with van der Waals surface area (Å²) in [5, 5.41) is 16.0. The molecule has 144 valence electrons. The molecule has 3 rings (SSSR count). The molecule has 0 saturated carbocycles. The number of hydrogen-bond acceptors (Lipinski definition) is 4. The lowest BCUT2D eigenvalue weighted by Gasteiger charge is -2.35. The lowest BCUT2D eigenvalue weighted by molar-refractivity contribution is -0.119. The molecular weight excluding hydrogens is 368 g/mol. The molecule has 2 heterocycles. The van der Waals surface area contributed by atoms with Crippen molar-refractivity contribution in [2.75, 3.05) is 18.0 Å². The number of fused-ring (bicyclic) bond motifs is 1. The fourth-order valence-corrected chi connectivity index (χ4v) is 3.75. The van der Waals surface area contributed by atoms with Gasteiger partial charge in [0.1, 0.15) is 5.82 Å². The Kier molecular flexibility index (Phi) is 5.70. The molecule has 1 saturated heterocycles. The summed E-state index contributed by atoms with van der Waals surface area (Å²) in [6, 6.07) is 7.25. The van der Waals surface area contributed by atoms with Crippen LogP contribution in [0.1, 0.15) is 38.3 Å². The normalized spacial score (nSPS) is 16.2. The van der Waals surface area contributed by atoms with E-state index in [-0.39, 0.29) is 11.9 Å². The van der Waals surface area contributed by atoms with E-state index in [9.17, 15) is 9.59 Å². The summed E-state index contributed by atoms with van der Waals surface area (Å²) >= 11 is 6.33. The Morgan fingerprint density at radius 3 is 2.67 bits per heavy atom. The van der Waals surface area contributed by atoms with Crippen molar-refractivity contribution < 1.29 is 14.7 Å². The number of para-hydroxylation sites is 1. The molecule has 7 nitrogen and oxygen atoms in total. The van der Waals surface area contributed by atoms with E-state index in [1.807, 2.05) is 18.2 Å². The number of halogens is 1. The Morgan fingerprint density at radius 2 is 2.04 bits per heavy atom. The second-order valence-corrected chi connectivity index (χ2v) is 7.25. The molecule has 1 unspecified atom stereocenters. The third-order valence-electron chi connectivity index (χ3n) is 4.81. The molecule has 0 bridgehead atoms. The molecule has 0 spiro atoms. The Labute approximate surface area is 162 Å². The molecule has 27 heavy (non-hydrogen) atoms. The van der Waals surface area contributed by atoms with Gasteiger partial charge in [0.05, 0.1) is 16.6 Å². The maximum absolute atomic E-state index is 11.3. The Balaban J connectivity index is 1.95. The zero-order valence-corrected chi connectivity index (χ0v) is 16.1. The Hall–Kier alpha value is -2.54. The zero-order chi connectivity index (χ0) is 19.6. The van der Waals surface area contributed by atoms with Gasteiger partial charge in [0, 0.05) is 37.0 Å². The van der Waals surface area contributed by atoms with Crippen molar-refractivity contribution in [1.29, 1.82) is 0 Å². The topological polar surface area (TPSA) is 94.6 Å². The number of aromatic nitrogens is 1. The molecule has 0 aliphatic carbocycles. The fourth-order valence-electron chi connectivity index (χ4n) is 3.53. The summed E-state index contributed by atoms with van der Waals surface area (Å²) in [5.74, 6) is 0.710. The van der Waals surface area contributed by atoms with E-state index in [0.29, 0.717) is 10.5 Å². The van der Waals surface area contributed by atoms with Crippen LogP contribution >= 0.6 is 11.6 Å². The minimum absolute atomic E-state index is 0.0240. The van der Waals surface area contributed by atoms with Crippen molar-refractivity contribution in [1.82, 2.24) is 15.6 Å². The van der Waals surface area contributed by atoms with Crippen LogP contribution in [0.3, 0.4) is 0 Å². The molecule has 1 aromatic heterocycles. The smallest absolute Gasteiger partial charge is 0.405 e. The molecule has 1 fully saturated rings. The number of pyridine rings is 1. The zero-order valence-electron chi connectivity index (χ0n) is 15.3. The van der Waals surface area contributed by atoms with Crippen LogP contribution in [0.5, 0.6) is 0 Å². The number of piperidine rings is 1. The van der Waals surface area contributed by atoms with Crippen LogP contribution < -0.4 is 15.5 Å². The van der Waals surface area contributed by atoms with Crippen LogP contribution in [-0.4, -0.2) is 41.2 Å². The van der Waals surface area contributed by atoms with Gasteiger partial charge >= 0.3 is 6.09 Å². The molecular formula is C19H23ClN4O3. The Morgan fingerprint density at radius 1 is 1.33 bits per heavy atom. The van der Waals surface area contributed by atoms with Crippen LogP contribution in [0.2, 0.25) is 5.02 Å². The first kappa shape index (κ1) is 19.2. The van der Waals surface area contributed by atoms with Crippen LogP contribution in [0.25, 0.3) is 10.9 Å². The summed E-state index contributed by atoms with van der Waals surface area (Å²) in [4.78, 5) is 29.3. The highest BCUT2D eigenvalue weighted by Gasteiger charge is 2.25. The highest BCUT2D eigenvalue weighted by molar-refractivity contribution is 6.35. The van der Waals surface area contributed by atoms with Crippen LogP contribution in [-0.2, 0) is 4.79 Å². The van der Waals surface area contributed by atoms with E-state index in [0.717, 1.165) is 42.7 Å². The van der Waals surface area contributed by atoms with Gasteiger partial charge in [-0.1, -0.05) is 23.7 Å². The summed E-state index contributed by atoms with van der Waals surface area (Å²) in [6.07, 6.45) is 0.535. The molecule has 2 amide bonds. The Bertz CT molecular complexity index is 865. The number of anilines is 1. The SMILES string of the molecule is CC(=O)NC1CCN(c2nc3c(Cl)cccc3cc2C(C)NC(=O)O)CC1. The molecule has 8 heteroatoms. The van der Waals surface area contributed by atoms with Gasteiger partial charge < -0.3 is 20.6 Å². The van der Waals surface area contributed by atoms with Crippen LogP contribution in [0, 0.1) is 0 Å². The quantitative estimate of drug-likeness (QED) is 0.744. The van der Waals surface area contributed by atoms with Gasteiger partial charge in [-0.25, -0.2) is 9.78 Å². The molecule has 2 aromatic rings. The highest BCUT2D eigenvalue weighted by Crippen LogP contribution is 2.32. The first-order valence-corrected chi connectivity index (χ1v) is 9.33. The van der Waals surface area contributed by atoms with Crippen molar-refractivity contribution in [2.24, 2.45) is 0 Å². The van der Waals surface area contributed by atoms with Gasteiger partial charge in [0.2, 0.25) is 5.91 Å². The lowest BCUT2D eigenvalue weighted by atomic mass is 10.0. The van der Waals surface area contributed by atoms with Gasteiger partial charge in [-0.3, -0.25) is 4.79 Å². The van der Waals surface area contributed by atoms with E-state index in [4.69, 9.17) is 21.7 Å². The number of carbonyl (C=O) groups excluding carboxylic acids is 1. The van der Waals surface area contributed by atoms with E-state index < -0.39 is 12.1 Å². The minimum Gasteiger partial charge on any atom is -0.465 e. The standard InChI is InChI=1S/C19H23ClN4O3/c1-11(21-19(26)27)15-10-13-4-3-5-16(20)17(13)23-18(15)24-8-6-14(7-9-24)22-12(2)25/h3-5,10-11,14,21H,6-9H2,1-2H3,(H,22,25)(H,26,27). The van der Waals surface area contributed by atoms with Crippen molar-refractivity contribution in [3.05, 3.63) is 34.9 Å². The monoisotopic (exact) mass is 390 g/mol. The van der Waals surface area contributed by atoms with Crippen molar-refractivity contribution in [2.45, 2.75) is 38.8 Å². The van der Waals surface area contributed by atoms with Crippen molar-refractivity contribution >= 4 is 40.3 Å². The van der Waals surface area contributed by atoms with E-state index in [1.54, 1.807) is 13.0 Å². The lowest BCUT2D eigenvalue weighted by Crippen LogP contribution is -2.44. The predicted octanol–water partition coefficient (Wildman–Crippen LogP) is 3.32. The molecule has 1 aliphatic heterocycles. The summed E-state index contributed by atoms with van der Waals surface area (Å²) in [6.45, 7) is 4.77. The molecule has 0 radical (unpaired) electrons. The maximum atomic E-state index is 11.3. The number of benzene rings is 1. The maximum Gasteiger partial charge on any atom is 0.405 e. The number of nitrogens with one attached hydrogen (secondary N) is 2. The molecule has 1 aliphatic rings. The third-order valence-corrected chi connectivity index (χ3v) is 5.12. The number of amides is 2. The van der Waals surface area contributed by atoms with E-state index in [2.05, 4.69) is 15.5 Å². The largest absolute Gasteiger partial charge is 0.465 e. The van der Waals surface area contributed by atoms with Gasteiger partial charge in [-0.15, -0.1) is 0 Å². The van der Waals surface area contributed by atoms with Gasteiger partial charge in [-0.05, 0) is 31.9 Å². The summed E-state index contributed by atoms with van der Waals surface area (Å²) < 4.78 is 0. The number of carboxylic acid groups (broad SMARTS) is 1. The van der Waals surface area contributed by atoms with E-state index in [1.165, 1.54) is 6.92 Å². The molecule has 3 N–H and O–H groups in total. The fraction of sp³-hybridized carbons (Fsp3) is 0.421. The number of carbonyl (C=O) groups is 2. The summed E-state index contributed by atoms with van der Waals surface area (Å²) in [7, 11) is 0. The van der Waals surface area contributed by atoms with Gasteiger partial charge in [0.25, 0.3) is 0 Å².